The predicted octanol–water partition coefficient (Wildman–Crippen LogP) is -0.0941. The van der Waals surface area contributed by atoms with Crippen LogP contribution in [0.5, 0.6) is 0 Å². The molecule has 1 N–H and O–H groups in total. The number of nitrogens with one attached hydrogen (secondary N) is 1. The smallest absolute Gasteiger partial charge is 0.306 e. The van der Waals surface area contributed by atoms with E-state index in [1.54, 1.807) is 0 Å². The Hall–Kier alpha value is -0.610. The van der Waals surface area contributed by atoms with Crippen molar-refractivity contribution in [2.45, 2.75) is 25.3 Å². The largest absolute Gasteiger partial charge is 0.469 e. The topological polar surface area (TPSA) is 52.4 Å². The maximum atomic E-state index is 10.8. The molecule has 1 aliphatic rings. The van der Waals surface area contributed by atoms with E-state index in [9.17, 15) is 4.79 Å². The van der Waals surface area contributed by atoms with Gasteiger partial charge >= 0.3 is 5.97 Å². The lowest BCUT2D eigenvalue weighted by molar-refractivity contribution is -0.140. The molecule has 4 heteroatoms. The summed E-state index contributed by atoms with van der Waals surface area (Å²) < 4.78 is 4.54. The summed E-state index contributed by atoms with van der Waals surface area (Å²) in [7, 11) is 1.41. The van der Waals surface area contributed by atoms with Crippen molar-refractivity contribution in [3.63, 3.8) is 0 Å². The number of piperidine rings is 1. The van der Waals surface area contributed by atoms with Crippen molar-refractivity contribution in [3.8, 4) is 0 Å². The molecule has 1 rings (SSSR count). The fraction of sp³-hybridized carbons (Fsp3) is 0.889. The van der Waals surface area contributed by atoms with E-state index >= 15 is 0 Å². The van der Waals surface area contributed by atoms with Crippen LogP contribution in [0.15, 0.2) is 0 Å². The highest BCUT2D eigenvalue weighted by Crippen LogP contribution is 2.01. The third-order valence-electron chi connectivity index (χ3n) is 2.21. The number of rotatable bonds is 4. The van der Waals surface area contributed by atoms with E-state index in [0.29, 0.717) is 19.0 Å². The van der Waals surface area contributed by atoms with Gasteiger partial charge in [-0.05, 0) is 12.8 Å². The molecule has 0 aromatic rings. The Morgan fingerprint density at radius 3 is 3.15 bits per heavy atom. The van der Waals surface area contributed by atoms with Crippen LogP contribution >= 0.6 is 0 Å². The highest BCUT2D eigenvalue weighted by Gasteiger charge is 2.12. The number of carbonyl (C=O) groups excluding carboxylic acids is 1. The Morgan fingerprint density at radius 2 is 2.54 bits per heavy atom. The molecule has 0 aromatic heterocycles. The molecule has 0 amide bonds. The Bertz CT molecular complexity index is 156. The zero-order valence-electron chi connectivity index (χ0n) is 8.08. The molecule has 4 nitrogen and oxygen atoms in total. The lowest BCUT2D eigenvalue weighted by atomic mass is 10.1. The number of carbonyl (C=O) groups is 1. The zero-order chi connectivity index (χ0) is 9.52. The molecule has 0 saturated carbocycles. The molecule has 75 valence electrons. The van der Waals surface area contributed by atoms with Crippen molar-refractivity contribution in [1.29, 1.82) is 0 Å². The summed E-state index contributed by atoms with van der Waals surface area (Å²) in [6.45, 7) is 2.59. The quantitative estimate of drug-likeness (QED) is 0.623. The summed E-state index contributed by atoms with van der Waals surface area (Å²) in [5.41, 5.74) is 0. The van der Waals surface area contributed by atoms with Gasteiger partial charge in [-0.2, -0.15) is 0 Å². The maximum Gasteiger partial charge on any atom is 0.306 e. The van der Waals surface area contributed by atoms with E-state index in [1.807, 2.05) is 0 Å². The molecule has 1 saturated heterocycles. The summed E-state index contributed by atoms with van der Waals surface area (Å²) >= 11 is 0. The minimum atomic E-state index is -0.153. The van der Waals surface area contributed by atoms with Crippen LogP contribution in [0.3, 0.4) is 0 Å². The minimum Gasteiger partial charge on any atom is -0.469 e. The van der Waals surface area contributed by atoms with E-state index in [1.165, 1.54) is 13.5 Å². The van der Waals surface area contributed by atoms with Gasteiger partial charge in [0.2, 0.25) is 0 Å². The van der Waals surface area contributed by atoms with Gasteiger partial charge in [0.1, 0.15) is 0 Å². The highest BCUT2D eigenvalue weighted by atomic mass is 16.5. The van der Waals surface area contributed by atoms with Crippen LogP contribution in [-0.2, 0) is 9.53 Å². The molecule has 0 bridgehead atoms. The lowest BCUT2D eigenvalue weighted by Gasteiger charge is -2.22. The first kappa shape index (κ1) is 10.5. The molecule has 1 fully saturated rings. The van der Waals surface area contributed by atoms with Gasteiger partial charge in [-0.1, -0.05) is 0 Å². The summed E-state index contributed by atoms with van der Waals surface area (Å²) in [4.78, 5) is 10.8. The van der Waals surface area contributed by atoms with Gasteiger partial charge in [-0.25, -0.2) is 5.32 Å². The van der Waals surface area contributed by atoms with E-state index < -0.39 is 0 Å². The van der Waals surface area contributed by atoms with E-state index in [-0.39, 0.29) is 5.97 Å². The van der Waals surface area contributed by atoms with Crippen molar-refractivity contribution in [1.82, 2.24) is 10.6 Å². The Labute approximate surface area is 79.0 Å². The van der Waals surface area contributed by atoms with Gasteiger partial charge < -0.3 is 10.1 Å². The van der Waals surface area contributed by atoms with Crippen molar-refractivity contribution in [3.05, 3.63) is 0 Å². The van der Waals surface area contributed by atoms with Crippen LogP contribution in [0.25, 0.3) is 0 Å². The van der Waals surface area contributed by atoms with Gasteiger partial charge in [0.25, 0.3) is 0 Å². The average molecular weight is 185 g/mol. The Kier molecular flexibility index (Phi) is 4.78. The fourth-order valence-corrected chi connectivity index (χ4v) is 1.43. The summed E-state index contributed by atoms with van der Waals surface area (Å²) in [6.07, 6.45) is 2.79. The third kappa shape index (κ3) is 4.24. The second kappa shape index (κ2) is 5.94. The first-order valence-electron chi connectivity index (χ1n) is 4.76. The average Bonchev–Trinajstić information content (AvgIpc) is 2.19. The second-order valence-corrected chi connectivity index (χ2v) is 3.25. The van der Waals surface area contributed by atoms with Gasteiger partial charge in [-0.15, -0.1) is 0 Å². The van der Waals surface area contributed by atoms with Crippen molar-refractivity contribution >= 4 is 5.97 Å². The van der Waals surface area contributed by atoms with E-state index in [0.717, 1.165) is 19.5 Å². The molecule has 1 aliphatic heterocycles. The van der Waals surface area contributed by atoms with E-state index in [2.05, 4.69) is 15.4 Å². The molecular weight excluding hydrogens is 168 g/mol. The molecule has 0 aliphatic carbocycles. The normalized spacial score (nSPS) is 22.7. The highest BCUT2D eigenvalue weighted by molar-refractivity contribution is 5.69. The van der Waals surface area contributed by atoms with Gasteiger partial charge in [-0.3, -0.25) is 4.79 Å². The predicted molar refractivity (Wildman–Crippen MR) is 49.5 cm³/mol. The molecule has 13 heavy (non-hydrogen) atoms. The molecule has 0 aromatic carbocycles. The second-order valence-electron chi connectivity index (χ2n) is 3.25. The summed E-state index contributed by atoms with van der Waals surface area (Å²) in [5, 5.41) is 7.59. The molecule has 0 spiro atoms. The third-order valence-corrected chi connectivity index (χ3v) is 2.21. The molecule has 1 heterocycles. The number of methoxy groups -OCH3 is 1. The first-order valence-corrected chi connectivity index (χ1v) is 4.76. The van der Waals surface area contributed by atoms with Gasteiger partial charge in [0.15, 0.2) is 0 Å². The van der Waals surface area contributed by atoms with E-state index in [4.69, 9.17) is 0 Å². The van der Waals surface area contributed by atoms with Crippen molar-refractivity contribution < 1.29 is 9.53 Å². The fourth-order valence-electron chi connectivity index (χ4n) is 1.43. The molecule has 1 atom stereocenters. The Balaban J connectivity index is 2.01. The monoisotopic (exact) mass is 185 g/mol. The maximum absolute atomic E-state index is 10.8. The number of nitrogens with zero attached hydrogens (tertiary/aromatic N) is 1. The number of hydrogen-bond donors (Lipinski definition) is 1. The standard InChI is InChI=1S/C9H17N2O2/c1-13-9(12)4-6-11-8-3-2-5-10-7-8/h8,11H,2-7H2,1H3. The van der Waals surface area contributed by atoms with Crippen LogP contribution < -0.4 is 10.6 Å². The van der Waals surface area contributed by atoms with Crippen LogP contribution in [0.1, 0.15) is 19.3 Å². The first-order chi connectivity index (χ1) is 6.33. The van der Waals surface area contributed by atoms with Crippen LogP contribution in [0, 0.1) is 0 Å². The summed E-state index contributed by atoms with van der Waals surface area (Å²) in [5.74, 6) is -0.153. The number of hydrogen-bond acceptors (Lipinski definition) is 3. The van der Waals surface area contributed by atoms with Crippen LogP contribution in [0.4, 0.5) is 0 Å². The Morgan fingerprint density at radius 1 is 1.69 bits per heavy atom. The van der Waals surface area contributed by atoms with Crippen LogP contribution in [-0.4, -0.2) is 38.8 Å². The zero-order valence-corrected chi connectivity index (χ0v) is 8.08. The van der Waals surface area contributed by atoms with Crippen molar-refractivity contribution in [2.75, 3.05) is 26.7 Å². The molecule has 1 unspecified atom stereocenters. The SMILES string of the molecule is COC(=O)CCNC1CCC[N]C1. The van der Waals surface area contributed by atoms with Gasteiger partial charge in [0.05, 0.1) is 13.5 Å². The number of esters is 1. The molecular formula is C9H17N2O2. The lowest BCUT2D eigenvalue weighted by Crippen LogP contribution is -2.40. The molecule has 1 radical (unpaired) electrons. The minimum absolute atomic E-state index is 0.153. The van der Waals surface area contributed by atoms with Crippen molar-refractivity contribution in [2.24, 2.45) is 0 Å². The number of ether oxygens (including phenoxy) is 1. The van der Waals surface area contributed by atoms with Gasteiger partial charge in [0, 0.05) is 25.7 Å². The summed E-state index contributed by atoms with van der Waals surface area (Å²) in [6, 6.07) is 0.471. The van der Waals surface area contributed by atoms with Crippen LogP contribution in [0.2, 0.25) is 0 Å².